The molecule has 1 N–H and O–H groups in total. The summed E-state index contributed by atoms with van der Waals surface area (Å²) in [5.41, 5.74) is -0.687. The molecule has 1 amide bonds. The van der Waals surface area contributed by atoms with E-state index in [9.17, 15) is 19.3 Å². The quantitative estimate of drug-likeness (QED) is 0.672. The maximum absolute atomic E-state index is 13.9. The van der Waals surface area contributed by atoms with E-state index in [1.807, 2.05) is 0 Å². The Balaban J connectivity index is 0.00000200. The number of cyclic esters (lactones) is 1. The second-order valence-corrected chi connectivity index (χ2v) is 5.10. The standard InChI is InChI=1S/C12H13FN2O4.ClH/c1-12(2)6-19-11(16)14-10(12)8-5-7(15(17)18)3-4-9(8)13;/h3-5,10H,6H2,1-2H3,(H,14,16);1H/t10-;/m1./s1. The average Bonchev–Trinajstić information content (AvgIpc) is 2.33. The second-order valence-electron chi connectivity index (χ2n) is 5.10. The van der Waals surface area contributed by atoms with Crippen LogP contribution >= 0.6 is 12.4 Å². The lowest BCUT2D eigenvalue weighted by Gasteiger charge is -2.38. The van der Waals surface area contributed by atoms with Crippen LogP contribution in [0.2, 0.25) is 0 Å². The zero-order valence-electron chi connectivity index (χ0n) is 10.9. The van der Waals surface area contributed by atoms with Gasteiger partial charge in [0.25, 0.3) is 5.69 Å². The maximum atomic E-state index is 13.9. The molecule has 0 bridgehead atoms. The summed E-state index contributed by atoms with van der Waals surface area (Å²) in [7, 11) is 0. The number of nitrogens with one attached hydrogen (secondary N) is 1. The highest BCUT2D eigenvalue weighted by Gasteiger charge is 2.39. The summed E-state index contributed by atoms with van der Waals surface area (Å²) < 4.78 is 18.7. The van der Waals surface area contributed by atoms with Crippen LogP contribution in [-0.2, 0) is 4.74 Å². The van der Waals surface area contributed by atoms with Crippen molar-refractivity contribution in [2.75, 3.05) is 6.61 Å². The highest BCUT2D eigenvalue weighted by molar-refractivity contribution is 5.85. The van der Waals surface area contributed by atoms with Crippen LogP contribution in [0.5, 0.6) is 0 Å². The van der Waals surface area contributed by atoms with Crippen LogP contribution in [0, 0.1) is 21.3 Å². The van der Waals surface area contributed by atoms with Crippen LogP contribution in [0.25, 0.3) is 0 Å². The molecule has 6 nitrogen and oxygen atoms in total. The fourth-order valence-electron chi connectivity index (χ4n) is 2.05. The van der Waals surface area contributed by atoms with Gasteiger partial charge in [-0.2, -0.15) is 0 Å². The van der Waals surface area contributed by atoms with E-state index < -0.39 is 28.3 Å². The summed E-state index contributed by atoms with van der Waals surface area (Å²) in [6.07, 6.45) is -0.657. The number of halogens is 2. The second kappa shape index (κ2) is 5.62. The van der Waals surface area contributed by atoms with Crippen molar-refractivity contribution in [1.29, 1.82) is 0 Å². The maximum Gasteiger partial charge on any atom is 0.407 e. The topological polar surface area (TPSA) is 81.5 Å². The minimum atomic E-state index is -0.673. The van der Waals surface area contributed by atoms with Gasteiger partial charge in [0.15, 0.2) is 0 Å². The minimum Gasteiger partial charge on any atom is -0.449 e. The van der Waals surface area contributed by atoms with Crippen molar-refractivity contribution >= 4 is 24.2 Å². The molecule has 8 heteroatoms. The number of ether oxygens (including phenoxy) is 1. The smallest absolute Gasteiger partial charge is 0.407 e. The van der Waals surface area contributed by atoms with Gasteiger partial charge in [0.05, 0.1) is 11.0 Å². The molecule has 0 radical (unpaired) electrons. The monoisotopic (exact) mass is 304 g/mol. The molecule has 1 fully saturated rings. The Morgan fingerprint density at radius 3 is 2.75 bits per heavy atom. The van der Waals surface area contributed by atoms with Crippen LogP contribution in [0.3, 0.4) is 0 Å². The van der Waals surface area contributed by atoms with Crippen molar-refractivity contribution in [3.8, 4) is 0 Å². The summed E-state index contributed by atoms with van der Waals surface area (Å²) in [5.74, 6) is -0.592. The van der Waals surface area contributed by atoms with Crippen molar-refractivity contribution in [2.24, 2.45) is 5.41 Å². The van der Waals surface area contributed by atoms with E-state index in [1.165, 1.54) is 0 Å². The van der Waals surface area contributed by atoms with E-state index in [4.69, 9.17) is 4.74 Å². The normalized spacial score (nSPS) is 20.4. The molecule has 1 aliphatic heterocycles. The number of benzene rings is 1. The zero-order chi connectivity index (χ0) is 14.2. The number of nitro groups is 1. The molecule has 1 heterocycles. The summed E-state index contributed by atoms with van der Waals surface area (Å²) in [6, 6.07) is 2.60. The summed E-state index contributed by atoms with van der Waals surface area (Å²) >= 11 is 0. The number of rotatable bonds is 2. The van der Waals surface area contributed by atoms with Gasteiger partial charge < -0.3 is 10.1 Å². The molecule has 0 aliphatic carbocycles. The molecular formula is C12H14ClFN2O4. The van der Waals surface area contributed by atoms with Crippen LogP contribution in [-0.4, -0.2) is 17.6 Å². The van der Waals surface area contributed by atoms with Gasteiger partial charge in [0, 0.05) is 23.1 Å². The first kappa shape index (κ1) is 16.2. The van der Waals surface area contributed by atoms with Gasteiger partial charge in [-0.25, -0.2) is 9.18 Å². The molecular weight excluding hydrogens is 291 g/mol. The highest BCUT2D eigenvalue weighted by atomic mass is 35.5. The Morgan fingerprint density at radius 2 is 2.15 bits per heavy atom. The first-order valence-corrected chi connectivity index (χ1v) is 5.68. The Hall–Kier alpha value is -1.89. The Morgan fingerprint density at radius 1 is 1.50 bits per heavy atom. The third-order valence-corrected chi connectivity index (χ3v) is 3.12. The number of non-ortho nitro benzene ring substituents is 1. The van der Waals surface area contributed by atoms with Crippen LogP contribution < -0.4 is 5.32 Å². The molecule has 1 atom stereocenters. The fraction of sp³-hybridized carbons (Fsp3) is 0.417. The van der Waals surface area contributed by atoms with Crippen molar-refractivity contribution in [1.82, 2.24) is 5.32 Å². The summed E-state index contributed by atoms with van der Waals surface area (Å²) in [4.78, 5) is 21.4. The largest absolute Gasteiger partial charge is 0.449 e. The van der Waals surface area contributed by atoms with Gasteiger partial charge in [-0.05, 0) is 6.07 Å². The van der Waals surface area contributed by atoms with E-state index in [-0.39, 0.29) is 30.3 Å². The lowest BCUT2D eigenvalue weighted by atomic mass is 9.80. The predicted molar refractivity (Wildman–Crippen MR) is 71.3 cm³/mol. The van der Waals surface area contributed by atoms with E-state index in [0.717, 1.165) is 18.2 Å². The number of hydrogen-bond donors (Lipinski definition) is 1. The summed E-state index contributed by atoms with van der Waals surface area (Å²) in [6.45, 7) is 3.69. The number of carbonyl (C=O) groups excluding carboxylic acids is 1. The van der Waals surface area contributed by atoms with E-state index in [0.29, 0.717) is 0 Å². The lowest BCUT2D eigenvalue weighted by molar-refractivity contribution is -0.385. The SMILES string of the molecule is CC1(C)COC(=O)N[C@@H]1c1cc([N+](=O)[O-])ccc1F.Cl. The number of alkyl carbamates (subject to hydrolysis) is 1. The number of amides is 1. The van der Waals surface area contributed by atoms with Crippen molar-refractivity contribution < 1.29 is 18.8 Å². The van der Waals surface area contributed by atoms with Crippen LogP contribution in [0.4, 0.5) is 14.9 Å². The van der Waals surface area contributed by atoms with E-state index >= 15 is 0 Å². The lowest BCUT2D eigenvalue weighted by Crippen LogP contribution is -2.47. The predicted octanol–water partition coefficient (Wildman–Crippen LogP) is 2.96. The molecule has 0 aromatic heterocycles. The van der Waals surface area contributed by atoms with Gasteiger partial charge in [0.2, 0.25) is 0 Å². The molecule has 1 saturated heterocycles. The molecule has 1 aromatic rings. The minimum absolute atomic E-state index is 0. The average molecular weight is 305 g/mol. The van der Waals surface area contributed by atoms with Gasteiger partial charge in [-0.1, -0.05) is 13.8 Å². The molecule has 20 heavy (non-hydrogen) atoms. The molecule has 0 saturated carbocycles. The number of carbonyl (C=O) groups is 1. The molecule has 1 aliphatic rings. The number of hydrogen-bond acceptors (Lipinski definition) is 4. The highest BCUT2D eigenvalue weighted by Crippen LogP contribution is 2.38. The third kappa shape index (κ3) is 2.98. The number of nitrogens with zero attached hydrogens (tertiary/aromatic N) is 1. The summed E-state index contributed by atoms with van der Waals surface area (Å²) in [5, 5.41) is 13.3. The molecule has 1 aromatic carbocycles. The van der Waals surface area contributed by atoms with Crippen molar-refractivity contribution in [2.45, 2.75) is 19.9 Å². The third-order valence-electron chi connectivity index (χ3n) is 3.12. The van der Waals surface area contributed by atoms with Gasteiger partial charge >= 0.3 is 6.09 Å². The number of nitro benzene ring substituents is 1. The molecule has 0 unspecified atom stereocenters. The van der Waals surface area contributed by atoms with Gasteiger partial charge in [-0.15, -0.1) is 12.4 Å². The Bertz CT molecular complexity index is 550. The van der Waals surface area contributed by atoms with Crippen molar-refractivity contribution in [3.63, 3.8) is 0 Å². The molecule has 2 rings (SSSR count). The van der Waals surface area contributed by atoms with Gasteiger partial charge in [-0.3, -0.25) is 10.1 Å². The first-order chi connectivity index (χ1) is 8.81. The van der Waals surface area contributed by atoms with E-state index in [2.05, 4.69) is 5.32 Å². The van der Waals surface area contributed by atoms with E-state index in [1.54, 1.807) is 13.8 Å². The van der Waals surface area contributed by atoms with Gasteiger partial charge in [0.1, 0.15) is 12.4 Å². The fourth-order valence-corrected chi connectivity index (χ4v) is 2.05. The molecule has 110 valence electrons. The van der Waals surface area contributed by atoms with Crippen molar-refractivity contribution in [3.05, 3.63) is 39.7 Å². The Labute approximate surface area is 120 Å². The first-order valence-electron chi connectivity index (χ1n) is 5.68. The van der Waals surface area contributed by atoms with Crippen LogP contribution in [0.15, 0.2) is 18.2 Å². The Kier molecular flexibility index (Phi) is 4.54. The molecule has 0 spiro atoms. The zero-order valence-corrected chi connectivity index (χ0v) is 11.7. The van der Waals surface area contributed by atoms with Crippen LogP contribution in [0.1, 0.15) is 25.5 Å².